The normalized spacial score (nSPS) is 19.2. The number of hydrogen-bond donors (Lipinski definition) is 1. The number of amides is 1. The van der Waals surface area contributed by atoms with Gasteiger partial charge in [-0.2, -0.15) is 0 Å². The highest BCUT2D eigenvalue weighted by Gasteiger charge is 2.41. The van der Waals surface area contributed by atoms with E-state index in [0.717, 1.165) is 0 Å². The van der Waals surface area contributed by atoms with Crippen molar-refractivity contribution in [3.8, 4) is 17.2 Å². The van der Waals surface area contributed by atoms with E-state index < -0.39 is 17.9 Å². The molecule has 2 aromatic rings. The Kier molecular flexibility index (Phi) is 5.73. The van der Waals surface area contributed by atoms with Gasteiger partial charge in [-0.25, -0.2) is 0 Å². The van der Waals surface area contributed by atoms with Crippen LogP contribution in [-0.4, -0.2) is 38.3 Å². The zero-order valence-electron chi connectivity index (χ0n) is 16.0. The number of methoxy groups -OCH3 is 3. The zero-order chi connectivity index (χ0) is 20.3. The van der Waals surface area contributed by atoms with Crippen molar-refractivity contribution in [2.45, 2.75) is 18.9 Å². The number of ether oxygens (including phenoxy) is 3. The minimum Gasteiger partial charge on any atom is -0.497 e. The van der Waals surface area contributed by atoms with E-state index in [1.165, 1.54) is 14.2 Å². The summed E-state index contributed by atoms with van der Waals surface area (Å²) in [5.41, 5.74) is 1.30. The number of nitrogens with zero attached hydrogens (tertiary/aromatic N) is 1. The van der Waals surface area contributed by atoms with Crippen LogP contribution in [0.25, 0.3) is 0 Å². The van der Waals surface area contributed by atoms with Crippen LogP contribution in [0.1, 0.15) is 24.4 Å². The number of carboxylic acid groups (broad SMARTS) is 1. The van der Waals surface area contributed by atoms with Crippen molar-refractivity contribution in [3.05, 3.63) is 48.0 Å². The Balaban J connectivity index is 2.11. The summed E-state index contributed by atoms with van der Waals surface area (Å²) in [6.45, 7) is 0. The highest BCUT2D eigenvalue weighted by molar-refractivity contribution is 5.96. The molecule has 0 spiro atoms. The highest BCUT2D eigenvalue weighted by Crippen LogP contribution is 2.42. The van der Waals surface area contributed by atoms with Crippen LogP contribution < -0.4 is 19.1 Å². The molecule has 1 aliphatic heterocycles. The van der Waals surface area contributed by atoms with E-state index in [1.807, 2.05) is 0 Å². The van der Waals surface area contributed by atoms with Crippen molar-refractivity contribution in [1.29, 1.82) is 0 Å². The summed E-state index contributed by atoms with van der Waals surface area (Å²) in [5.74, 6) is -0.120. The second-order valence-electron chi connectivity index (χ2n) is 6.50. The maximum Gasteiger partial charge on any atom is 0.308 e. The van der Waals surface area contributed by atoms with Crippen LogP contribution >= 0.6 is 0 Å². The summed E-state index contributed by atoms with van der Waals surface area (Å²) in [4.78, 5) is 26.4. The molecule has 0 radical (unpaired) electrons. The molecule has 0 saturated carbocycles. The van der Waals surface area contributed by atoms with Crippen LogP contribution in [0.4, 0.5) is 5.69 Å². The van der Waals surface area contributed by atoms with Gasteiger partial charge in [-0.1, -0.05) is 6.07 Å². The minimum absolute atomic E-state index is 0.123. The number of carbonyl (C=O) groups is 2. The molecule has 7 nitrogen and oxygen atoms in total. The van der Waals surface area contributed by atoms with Gasteiger partial charge in [0.2, 0.25) is 5.91 Å². The number of benzene rings is 2. The zero-order valence-corrected chi connectivity index (χ0v) is 16.0. The number of aliphatic carboxylic acids is 1. The average Bonchev–Trinajstić information content (AvgIpc) is 2.72. The molecule has 0 aliphatic carbocycles. The first-order chi connectivity index (χ1) is 13.5. The lowest BCUT2D eigenvalue weighted by Crippen LogP contribution is -2.45. The third-order valence-corrected chi connectivity index (χ3v) is 5.01. The van der Waals surface area contributed by atoms with Gasteiger partial charge in [-0.3, -0.25) is 9.59 Å². The first kappa shape index (κ1) is 19.5. The number of hydrogen-bond acceptors (Lipinski definition) is 5. The van der Waals surface area contributed by atoms with Crippen LogP contribution in [0.2, 0.25) is 0 Å². The van der Waals surface area contributed by atoms with Crippen molar-refractivity contribution in [1.82, 2.24) is 0 Å². The second-order valence-corrected chi connectivity index (χ2v) is 6.50. The molecule has 1 N–H and O–H groups in total. The summed E-state index contributed by atoms with van der Waals surface area (Å²) in [7, 11) is 4.61. The molecule has 28 heavy (non-hydrogen) atoms. The Morgan fingerprint density at radius 2 is 1.68 bits per heavy atom. The minimum atomic E-state index is -0.939. The topological polar surface area (TPSA) is 85.3 Å². The van der Waals surface area contributed by atoms with Crippen molar-refractivity contribution in [3.63, 3.8) is 0 Å². The Bertz CT molecular complexity index is 864. The predicted octanol–water partition coefficient (Wildman–Crippen LogP) is 3.28. The van der Waals surface area contributed by atoms with Crippen LogP contribution in [-0.2, 0) is 9.59 Å². The highest BCUT2D eigenvalue weighted by atomic mass is 16.5. The van der Waals surface area contributed by atoms with Gasteiger partial charge in [0.25, 0.3) is 0 Å². The molecule has 1 fully saturated rings. The van der Waals surface area contributed by atoms with Gasteiger partial charge in [-0.05, 0) is 48.4 Å². The van der Waals surface area contributed by atoms with Gasteiger partial charge in [0.05, 0.1) is 33.3 Å². The smallest absolute Gasteiger partial charge is 0.308 e. The molecule has 1 saturated heterocycles. The van der Waals surface area contributed by atoms with E-state index in [9.17, 15) is 14.7 Å². The summed E-state index contributed by atoms with van der Waals surface area (Å²) in [6, 6.07) is 11.6. The summed E-state index contributed by atoms with van der Waals surface area (Å²) < 4.78 is 15.8. The van der Waals surface area contributed by atoms with Crippen LogP contribution in [0, 0.1) is 5.92 Å². The molecule has 0 aromatic heterocycles. The van der Waals surface area contributed by atoms with E-state index in [2.05, 4.69) is 0 Å². The lowest BCUT2D eigenvalue weighted by Gasteiger charge is -2.40. The van der Waals surface area contributed by atoms with Crippen molar-refractivity contribution in [2.75, 3.05) is 26.2 Å². The van der Waals surface area contributed by atoms with E-state index in [1.54, 1.807) is 54.5 Å². The first-order valence-electron chi connectivity index (χ1n) is 8.91. The van der Waals surface area contributed by atoms with Crippen LogP contribution in [0.5, 0.6) is 17.2 Å². The fraction of sp³-hybridized carbons (Fsp3) is 0.333. The maximum absolute atomic E-state index is 12.8. The van der Waals surface area contributed by atoms with E-state index in [-0.39, 0.29) is 18.7 Å². The summed E-state index contributed by atoms with van der Waals surface area (Å²) in [6.07, 6.45) is 0.451. The molecule has 0 unspecified atom stereocenters. The molecule has 3 rings (SSSR count). The number of rotatable bonds is 6. The van der Waals surface area contributed by atoms with Crippen molar-refractivity contribution >= 4 is 17.6 Å². The molecule has 1 amide bonds. The summed E-state index contributed by atoms with van der Waals surface area (Å²) >= 11 is 0. The van der Waals surface area contributed by atoms with E-state index in [0.29, 0.717) is 28.5 Å². The van der Waals surface area contributed by atoms with Crippen LogP contribution in [0.3, 0.4) is 0 Å². The molecular weight excluding hydrogens is 362 g/mol. The largest absolute Gasteiger partial charge is 0.497 e. The molecule has 1 aliphatic rings. The van der Waals surface area contributed by atoms with E-state index in [4.69, 9.17) is 14.2 Å². The van der Waals surface area contributed by atoms with Gasteiger partial charge < -0.3 is 24.2 Å². The fourth-order valence-corrected chi connectivity index (χ4v) is 3.62. The SMILES string of the molecule is COc1ccc(N2C(=O)CC[C@H](C(=O)O)[C@H]2c2ccc(OC)c(OC)c2)cc1. The lowest BCUT2D eigenvalue weighted by molar-refractivity contribution is -0.144. The first-order valence-corrected chi connectivity index (χ1v) is 8.91. The third-order valence-electron chi connectivity index (χ3n) is 5.01. The average molecular weight is 385 g/mol. The van der Waals surface area contributed by atoms with Crippen molar-refractivity contribution < 1.29 is 28.9 Å². The standard InChI is InChI=1S/C21H23NO6/c1-26-15-7-5-14(6-8-15)22-19(23)11-9-16(21(24)25)20(22)13-4-10-17(27-2)18(12-13)28-3/h4-8,10,12,16,20H,9,11H2,1-3H3,(H,24,25)/t16-,20+/m0/s1. The summed E-state index contributed by atoms with van der Waals surface area (Å²) in [5, 5.41) is 9.82. The number of piperidine rings is 1. The molecular formula is C21H23NO6. The Labute approximate surface area is 163 Å². The fourth-order valence-electron chi connectivity index (χ4n) is 3.62. The Morgan fingerprint density at radius 3 is 2.25 bits per heavy atom. The third kappa shape index (κ3) is 3.60. The van der Waals surface area contributed by atoms with Gasteiger partial charge in [-0.15, -0.1) is 0 Å². The lowest BCUT2D eigenvalue weighted by atomic mass is 9.83. The maximum atomic E-state index is 12.8. The Morgan fingerprint density at radius 1 is 1.00 bits per heavy atom. The molecule has 2 atom stereocenters. The number of carboxylic acids is 1. The van der Waals surface area contributed by atoms with Gasteiger partial charge in [0.1, 0.15) is 5.75 Å². The molecule has 1 heterocycles. The molecule has 2 aromatic carbocycles. The van der Waals surface area contributed by atoms with Gasteiger partial charge >= 0.3 is 5.97 Å². The molecule has 0 bridgehead atoms. The van der Waals surface area contributed by atoms with Gasteiger partial charge in [0, 0.05) is 12.1 Å². The van der Waals surface area contributed by atoms with Gasteiger partial charge in [0.15, 0.2) is 11.5 Å². The number of carbonyl (C=O) groups excluding carboxylic acids is 1. The van der Waals surface area contributed by atoms with E-state index >= 15 is 0 Å². The molecule has 148 valence electrons. The Hall–Kier alpha value is -3.22. The molecule has 7 heteroatoms. The quantitative estimate of drug-likeness (QED) is 0.821. The van der Waals surface area contributed by atoms with Crippen LogP contribution in [0.15, 0.2) is 42.5 Å². The van der Waals surface area contributed by atoms with Crippen molar-refractivity contribution in [2.24, 2.45) is 5.92 Å². The monoisotopic (exact) mass is 385 g/mol. The predicted molar refractivity (Wildman–Crippen MR) is 103 cm³/mol. The second kappa shape index (κ2) is 8.21. The number of anilines is 1.